The molecule has 0 fully saturated rings. The molecule has 1 atom stereocenters. The van der Waals surface area contributed by atoms with Crippen LogP contribution in [0.4, 0.5) is 0 Å². The van der Waals surface area contributed by atoms with Crippen molar-refractivity contribution in [1.82, 2.24) is 9.47 Å². The van der Waals surface area contributed by atoms with E-state index < -0.39 is 6.04 Å². The highest BCUT2D eigenvalue weighted by atomic mass is 32.1. The number of nitriles is 1. The van der Waals surface area contributed by atoms with Crippen LogP contribution in [0.25, 0.3) is 16.8 Å². The molecular weight excluding hydrogens is 637 g/mol. The Balaban J connectivity index is 1.48. The molecule has 0 N–H and O–H groups in total. The van der Waals surface area contributed by atoms with Gasteiger partial charge in [-0.05, 0) is 67.4 Å². The second-order valence-electron chi connectivity index (χ2n) is 11.4. The standard InChI is InChI=1S/C39H36N4O5S/c1-6-42(7-2)38(45)34-24(3)41-39-43(36(34)35-29-15-11-10-12-26(29)17-19-31(35)46-4)37(44)33(49-39)21-25-16-18-30(32(20-25)47-5)48-23-28-14-9-8-13-27(28)22-40/h8-21,36H,6-7,23H2,1-5H3/b33-21+/t36-/m0/s1. The van der Waals surface area contributed by atoms with Gasteiger partial charge in [0.2, 0.25) is 0 Å². The number of hydrogen-bond acceptors (Lipinski definition) is 8. The number of aromatic nitrogens is 1. The second kappa shape index (κ2) is 14.2. The Morgan fingerprint density at radius 3 is 2.43 bits per heavy atom. The van der Waals surface area contributed by atoms with Gasteiger partial charge in [0.15, 0.2) is 16.3 Å². The Hall–Kier alpha value is -5.66. The molecule has 9 nitrogen and oxygen atoms in total. The molecule has 0 saturated heterocycles. The van der Waals surface area contributed by atoms with Gasteiger partial charge in [0.05, 0.1) is 41.7 Å². The zero-order chi connectivity index (χ0) is 34.7. The van der Waals surface area contributed by atoms with Crippen LogP contribution in [-0.2, 0) is 11.4 Å². The molecule has 6 rings (SSSR count). The molecule has 5 aromatic rings. The van der Waals surface area contributed by atoms with Crippen molar-refractivity contribution in [2.24, 2.45) is 4.99 Å². The van der Waals surface area contributed by atoms with Crippen LogP contribution in [-0.4, -0.2) is 42.7 Å². The van der Waals surface area contributed by atoms with E-state index in [9.17, 15) is 14.9 Å². The second-order valence-corrected chi connectivity index (χ2v) is 12.4. The number of ether oxygens (including phenoxy) is 3. The molecule has 0 saturated carbocycles. The fourth-order valence-electron chi connectivity index (χ4n) is 6.24. The Bertz CT molecular complexity index is 2330. The SMILES string of the molecule is CCN(CC)C(=O)C1=C(C)N=c2s/c(=C/c3ccc(OCc4ccccc4C#N)c(OC)c3)c(=O)n2[C@@H]1c1c(OC)ccc2ccccc12. The highest BCUT2D eigenvalue weighted by Gasteiger charge is 2.36. The summed E-state index contributed by atoms with van der Waals surface area (Å²) in [5.41, 5.74) is 3.51. The van der Waals surface area contributed by atoms with Crippen molar-refractivity contribution in [1.29, 1.82) is 5.26 Å². The number of benzene rings is 4. The average molecular weight is 673 g/mol. The van der Waals surface area contributed by atoms with Crippen LogP contribution in [0.1, 0.15) is 49.1 Å². The van der Waals surface area contributed by atoms with Gasteiger partial charge in [-0.25, -0.2) is 4.99 Å². The van der Waals surface area contributed by atoms with E-state index in [4.69, 9.17) is 19.2 Å². The maximum absolute atomic E-state index is 14.5. The quantitative estimate of drug-likeness (QED) is 0.188. The molecule has 1 amide bonds. The van der Waals surface area contributed by atoms with Gasteiger partial charge in [-0.1, -0.05) is 65.9 Å². The number of thiazole rings is 1. The molecule has 49 heavy (non-hydrogen) atoms. The van der Waals surface area contributed by atoms with Gasteiger partial charge in [0, 0.05) is 24.2 Å². The molecule has 0 spiro atoms. The molecule has 1 aliphatic rings. The molecule has 0 aliphatic carbocycles. The molecule has 248 valence electrons. The molecule has 0 radical (unpaired) electrons. The highest BCUT2D eigenvalue weighted by molar-refractivity contribution is 7.07. The first-order chi connectivity index (χ1) is 23.8. The summed E-state index contributed by atoms with van der Waals surface area (Å²) < 4.78 is 19.7. The van der Waals surface area contributed by atoms with E-state index in [1.165, 1.54) is 11.3 Å². The van der Waals surface area contributed by atoms with E-state index in [0.29, 0.717) is 56.5 Å². The maximum Gasteiger partial charge on any atom is 0.271 e. The number of carbonyl (C=O) groups is 1. The minimum Gasteiger partial charge on any atom is -0.496 e. The third kappa shape index (κ3) is 6.21. The molecule has 4 aromatic carbocycles. The monoisotopic (exact) mass is 672 g/mol. The fraction of sp³-hybridized carbons (Fsp3) is 0.231. The van der Waals surface area contributed by atoms with Crippen molar-refractivity contribution < 1.29 is 19.0 Å². The van der Waals surface area contributed by atoms with Crippen LogP contribution in [0.15, 0.2) is 99.9 Å². The number of methoxy groups -OCH3 is 2. The lowest BCUT2D eigenvalue weighted by Crippen LogP contribution is -2.43. The number of fused-ring (bicyclic) bond motifs is 2. The molecule has 1 aromatic heterocycles. The van der Waals surface area contributed by atoms with Crippen LogP contribution in [0, 0.1) is 11.3 Å². The lowest BCUT2D eigenvalue weighted by atomic mass is 9.90. The van der Waals surface area contributed by atoms with Crippen molar-refractivity contribution in [3.05, 3.63) is 132 Å². The van der Waals surface area contributed by atoms with Crippen LogP contribution in [0.3, 0.4) is 0 Å². The van der Waals surface area contributed by atoms with E-state index in [-0.39, 0.29) is 18.1 Å². The minimum atomic E-state index is -0.769. The third-order valence-corrected chi connectivity index (χ3v) is 9.72. The Kier molecular flexibility index (Phi) is 9.65. The molecular formula is C39H36N4O5S. The zero-order valence-electron chi connectivity index (χ0n) is 28.0. The van der Waals surface area contributed by atoms with Crippen molar-refractivity contribution in [3.63, 3.8) is 0 Å². The Morgan fingerprint density at radius 2 is 1.69 bits per heavy atom. The van der Waals surface area contributed by atoms with Crippen molar-refractivity contribution in [2.75, 3.05) is 27.3 Å². The lowest BCUT2D eigenvalue weighted by molar-refractivity contribution is -0.127. The van der Waals surface area contributed by atoms with E-state index in [2.05, 4.69) is 6.07 Å². The molecule has 0 bridgehead atoms. The van der Waals surface area contributed by atoms with E-state index in [1.54, 1.807) is 48.0 Å². The van der Waals surface area contributed by atoms with Crippen molar-refractivity contribution in [2.45, 2.75) is 33.4 Å². The summed E-state index contributed by atoms with van der Waals surface area (Å²) in [6, 6.07) is 25.9. The normalized spacial score (nSPS) is 14.2. The van der Waals surface area contributed by atoms with E-state index in [0.717, 1.165) is 27.5 Å². The van der Waals surface area contributed by atoms with E-state index in [1.807, 2.05) is 81.4 Å². The third-order valence-electron chi connectivity index (χ3n) is 8.73. The summed E-state index contributed by atoms with van der Waals surface area (Å²) >= 11 is 1.27. The Morgan fingerprint density at radius 1 is 0.980 bits per heavy atom. The number of amides is 1. The average Bonchev–Trinajstić information content (AvgIpc) is 3.43. The van der Waals surface area contributed by atoms with Crippen LogP contribution < -0.4 is 29.1 Å². The van der Waals surface area contributed by atoms with Gasteiger partial charge in [0.25, 0.3) is 11.5 Å². The number of rotatable bonds is 10. The summed E-state index contributed by atoms with van der Waals surface area (Å²) in [7, 11) is 3.15. The lowest BCUT2D eigenvalue weighted by Gasteiger charge is -2.30. The van der Waals surface area contributed by atoms with Crippen LogP contribution in [0.5, 0.6) is 17.2 Å². The number of likely N-dealkylation sites (N-methyl/N-ethyl adjacent to an activating group) is 1. The topological polar surface area (TPSA) is 106 Å². The highest BCUT2D eigenvalue weighted by Crippen LogP contribution is 2.40. The smallest absolute Gasteiger partial charge is 0.271 e. The molecule has 0 unspecified atom stereocenters. The van der Waals surface area contributed by atoms with Gasteiger partial charge in [0.1, 0.15) is 18.4 Å². The summed E-state index contributed by atoms with van der Waals surface area (Å²) in [5, 5.41) is 11.3. The van der Waals surface area contributed by atoms with Crippen molar-refractivity contribution in [3.8, 4) is 23.3 Å². The fourth-order valence-corrected chi connectivity index (χ4v) is 7.29. The molecule has 10 heteroatoms. The first kappa shape index (κ1) is 33.2. The summed E-state index contributed by atoms with van der Waals surface area (Å²) in [6.45, 7) is 6.94. The number of nitrogens with zero attached hydrogens (tertiary/aromatic N) is 4. The minimum absolute atomic E-state index is 0.168. The molecule has 1 aliphatic heterocycles. The number of hydrogen-bond donors (Lipinski definition) is 0. The van der Waals surface area contributed by atoms with Crippen molar-refractivity contribution >= 4 is 34.1 Å². The first-order valence-corrected chi connectivity index (χ1v) is 16.8. The predicted octanol–water partition coefficient (Wildman–Crippen LogP) is 5.72. The van der Waals surface area contributed by atoms with Crippen LogP contribution >= 0.6 is 11.3 Å². The number of carbonyl (C=O) groups excluding carboxylic acids is 1. The molecule has 2 heterocycles. The van der Waals surface area contributed by atoms with Crippen LogP contribution in [0.2, 0.25) is 0 Å². The maximum atomic E-state index is 14.5. The Labute approximate surface area is 288 Å². The predicted molar refractivity (Wildman–Crippen MR) is 191 cm³/mol. The number of allylic oxidation sites excluding steroid dienone is 1. The summed E-state index contributed by atoms with van der Waals surface area (Å²) in [4.78, 5) is 35.8. The van der Waals surface area contributed by atoms with E-state index >= 15 is 0 Å². The van der Waals surface area contributed by atoms with Gasteiger partial charge in [-0.15, -0.1) is 0 Å². The first-order valence-electron chi connectivity index (χ1n) is 16.0. The summed E-state index contributed by atoms with van der Waals surface area (Å²) in [5.74, 6) is 1.40. The van der Waals surface area contributed by atoms with Gasteiger partial charge < -0.3 is 19.1 Å². The van der Waals surface area contributed by atoms with Gasteiger partial charge in [-0.3, -0.25) is 14.2 Å². The van der Waals surface area contributed by atoms with Gasteiger partial charge >= 0.3 is 0 Å². The zero-order valence-corrected chi connectivity index (χ0v) is 28.8. The van der Waals surface area contributed by atoms with Gasteiger partial charge in [-0.2, -0.15) is 5.26 Å². The largest absolute Gasteiger partial charge is 0.496 e. The summed E-state index contributed by atoms with van der Waals surface area (Å²) in [6.07, 6.45) is 1.80.